The molecule has 0 aliphatic rings. The zero-order valence-corrected chi connectivity index (χ0v) is 13.7. The lowest BCUT2D eigenvalue weighted by Crippen LogP contribution is -2.16. The van der Waals surface area contributed by atoms with Crippen LogP contribution in [0.4, 0.5) is 0 Å². The standard InChI is InChI=1S/C17H18ClNOS/c1-17(2,21-16-6-4-3-5-7-16)13-19-20-12-14-8-10-15(18)11-9-14/h3-11,13H,12H2,1-2H3/b19-13+. The van der Waals surface area contributed by atoms with Crippen LogP contribution in [-0.4, -0.2) is 11.0 Å². The van der Waals surface area contributed by atoms with Crippen molar-refractivity contribution in [3.05, 3.63) is 65.2 Å². The maximum atomic E-state index is 5.84. The third-order valence-electron chi connectivity index (χ3n) is 2.71. The molecule has 2 rings (SSSR count). The Morgan fingerprint density at radius 1 is 1.10 bits per heavy atom. The Kier molecular flexibility index (Phi) is 5.71. The largest absolute Gasteiger partial charge is 0.391 e. The molecule has 0 heterocycles. The normalized spacial score (nSPS) is 11.8. The number of rotatable bonds is 6. The average molecular weight is 320 g/mol. The maximum Gasteiger partial charge on any atom is 0.142 e. The second-order valence-corrected chi connectivity index (χ2v) is 7.32. The van der Waals surface area contributed by atoms with Crippen LogP contribution in [0.1, 0.15) is 19.4 Å². The van der Waals surface area contributed by atoms with Gasteiger partial charge in [0.2, 0.25) is 0 Å². The van der Waals surface area contributed by atoms with E-state index in [0.29, 0.717) is 6.61 Å². The lowest BCUT2D eigenvalue weighted by molar-refractivity contribution is 0.131. The second kappa shape index (κ2) is 7.53. The van der Waals surface area contributed by atoms with Gasteiger partial charge in [0.15, 0.2) is 0 Å². The van der Waals surface area contributed by atoms with Crippen molar-refractivity contribution < 1.29 is 4.84 Å². The lowest BCUT2D eigenvalue weighted by atomic mass is 10.2. The molecule has 0 fully saturated rings. The van der Waals surface area contributed by atoms with E-state index >= 15 is 0 Å². The minimum atomic E-state index is -0.124. The van der Waals surface area contributed by atoms with E-state index in [1.165, 1.54) is 4.90 Å². The summed E-state index contributed by atoms with van der Waals surface area (Å²) in [6.45, 7) is 4.67. The van der Waals surface area contributed by atoms with Gasteiger partial charge < -0.3 is 4.84 Å². The van der Waals surface area contributed by atoms with Crippen LogP contribution in [0.3, 0.4) is 0 Å². The number of nitrogens with zero attached hydrogens (tertiary/aromatic N) is 1. The number of benzene rings is 2. The van der Waals surface area contributed by atoms with E-state index in [2.05, 4.69) is 31.1 Å². The Morgan fingerprint density at radius 2 is 1.76 bits per heavy atom. The number of thioether (sulfide) groups is 1. The summed E-state index contributed by atoms with van der Waals surface area (Å²) >= 11 is 7.58. The summed E-state index contributed by atoms with van der Waals surface area (Å²) in [7, 11) is 0. The summed E-state index contributed by atoms with van der Waals surface area (Å²) in [5.41, 5.74) is 1.05. The van der Waals surface area contributed by atoms with Crippen LogP contribution in [0, 0.1) is 0 Å². The predicted molar refractivity (Wildman–Crippen MR) is 91.1 cm³/mol. The fourth-order valence-electron chi connectivity index (χ4n) is 1.68. The van der Waals surface area contributed by atoms with Crippen molar-refractivity contribution >= 4 is 29.6 Å². The van der Waals surface area contributed by atoms with Crippen molar-refractivity contribution in [3.8, 4) is 0 Å². The van der Waals surface area contributed by atoms with E-state index in [-0.39, 0.29) is 4.75 Å². The van der Waals surface area contributed by atoms with Gasteiger partial charge in [0.25, 0.3) is 0 Å². The lowest BCUT2D eigenvalue weighted by Gasteiger charge is -2.18. The van der Waals surface area contributed by atoms with Gasteiger partial charge in [0, 0.05) is 9.92 Å². The first kappa shape index (κ1) is 15.9. The monoisotopic (exact) mass is 319 g/mol. The summed E-state index contributed by atoms with van der Waals surface area (Å²) < 4.78 is -0.124. The maximum absolute atomic E-state index is 5.84. The van der Waals surface area contributed by atoms with Crippen molar-refractivity contribution in [2.45, 2.75) is 30.1 Å². The van der Waals surface area contributed by atoms with Gasteiger partial charge in [-0.1, -0.05) is 47.1 Å². The first-order chi connectivity index (χ1) is 10.1. The van der Waals surface area contributed by atoms with Crippen LogP contribution in [-0.2, 0) is 11.4 Å². The molecule has 0 amide bonds. The smallest absolute Gasteiger partial charge is 0.142 e. The highest BCUT2D eigenvalue weighted by molar-refractivity contribution is 8.01. The van der Waals surface area contributed by atoms with Gasteiger partial charge in [-0.2, -0.15) is 0 Å². The van der Waals surface area contributed by atoms with E-state index in [4.69, 9.17) is 16.4 Å². The van der Waals surface area contributed by atoms with Gasteiger partial charge in [0.05, 0.1) is 11.0 Å². The van der Waals surface area contributed by atoms with Crippen LogP contribution in [0.25, 0.3) is 0 Å². The molecular weight excluding hydrogens is 302 g/mol. The zero-order valence-electron chi connectivity index (χ0n) is 12.1. The van der Waals surface area contributed by atoms with E-state index < -0.39 is 0 Å². The van der Waals surface area contributed by atoms with Gasteiger partial charge in [-0.3, -0.25) is 0 Å². The molecule has 0 bridgehead atoms. The average Bonchev–Trinajstić information content (AvgIpc) is 2.46. The van der Waals surface area contributed by atoms with Crippen LogP contribution >= 0.6 is 23.4 Å². The highest BCUT2D eigenvalue weighted by Gasteiger charge is 2.16. The molecule has 0 spiro atoms. The second-order valence-electron chi connectivity index (χ2n) is 5.15. The molecule has 0 saturated heterocycles. The van der Waals surface area contributed by atoms with Crippen molar-refractivity contribution in [1.82, 2.24) is 0 Å². The Labute approximate surface area is 135 Å². The number of hydrogen-bond donors (Lipinski definition) is 0. The van der Waals surface area contributed by atoms with Crippen molar-refractivity contribution in [2.24, 2.45) is 5.16 Å². The first-order valence-electron chi connectivity index (χ1n) is 6.70. The van der Waals surface area contributed by atoms with E-state index in [1.807, 2.05) is 48.7 Å². The quantitative estimate of drug-likeness (QED) is 0.403. The third-order valence-corrected chi connectivity index (χ3v) is 4.10. The first-order valence-corrected chi connectivity index (χ1v) is 7.90. The molecule has 0 saturated carbocycles. The fraction of sp³-hybridized carbons (Fsp3) is 0.235. The Balaban J connectivity index is 1.83. The van der Waals surface area contributed by atoms with Gasteiger partial charge in [-0.05, 0) is 43.7 Å². The molecule has 0 aromatic heterocycles. The van der Waals surface area contributed by atoms with Crippen LogP contribution in [0.5, 0.6) is 0 Å². The van der Waals surface area contributed by atoms with E-state index in [0.717, 1.165) is 10.6 Å². The fourth-order valence-corrected chi connectivity index (χ4v) is 2.80. The number of halogens is 1. The SMILES string of the molecule is CC(C)(/C=N/OCc1ccc(Cl)cc1)Sc1ccccc1. The van der Waals surface area contributed by atoms with Crippen LogP contribution in [0.2, 0.25) is 5.02 Å². The summed E-state index contributed by atoms with van der Waals surface area (Å²) in [6.07, 6.45) is 1.83. The Hall–Kier alpha value is -1.45. The molecule has 0 radical (unpaired) electrons. The highest BCUT2D eigenvalue weighted by atomic mass is 35.5. The molecule has 0 unspecified atom stereocenters. The topological polar surface area (TPSA) is 21.6 Å². The molecule has 21 heavy (non-hydrogen) atoms. The minimum Gasteiger partial charge on any atom is -0.391 e. The van der Waals surface area contributed by atoms with E-state index in [9.17, 15) is 0 Å². The van der Waals surface area contributed by atoms with Gasteiger partial charge in [-0.15, -0.1) is 11.8 Å². The molecular formula is C17H18ClNOS. The van der Waals surface area contributed by atoms with Crippen molar-refractivity contribution in [3.63, 3.8) is 0 Å². The Bertz CT molecular complexity index is 581. The molecule has 4 heteroatoms. The summed E-state index contributed by atoms with van der Waals surface area (Å²) in [4.78, 5) is 6.56. The third kappa shape index (κ3) is 5.82. The molecule has 0 aliphatic carbocycles. The Morgan fingerprint density at radius 3 is 2.43 bits per heavy atom. The number of oxime groups is 1. The van der Waals surface area contributed by atoms with Crippen molar-refractivity contribution in [2.75, 3.05) is 0 Å². The van der Waals surface area contributed by atoms with Crippen LogP contribution < -0.4 is 0 Å². The summed E-state index contributed by atoms with van der Waals surface area (Å²) in [5.74, 6) is 0. The molecule has 2 aromatic rings. The molecule has 110 valence electrons. The number of hydrogen-bond acceptors (Lipinski definition) is 3. The molecule has 0 N–H and O–H groups in total. The van der Waals surface area contributed by atoms with E-state index in [1.54, 1.807) is 11.8 Å². The summed E-state index contributed by atoms with van der Waals surface area (Å²) in [6, 6.07) is 17.8. The molecule has 0 atom stereocenters. The van der Waals surface area contributed by atoms with Gasteiger partial charge in [0.1, 0.15) is 6.61 Å². The van der Waals surface area contributed by atoms with Crippen molar-refractivity contribution in [1.29, 1.82) is 0 Å². The minimum absolute atomic E-state index is 0.124. The molecule has 2 nitrogen and oxygen atoms in total. The molecule has 0 aliphatic heterocycles. The predicted octanol–water partition coefficient (Wildman–Crippen LogP) is 5.41. The van der Waals surface area contributed by atoms with Gasteiger partial charge in [-0.25, -0.2) is 0 Å². The van der Waals surface area contributed by atoms with Gasteiger partial charge >= 0.3 is 0 Å². The zero-order chi connectivity index (χ0) is 15.1. The summed E-state index contributed by atoms with van der Waals surface area (Å²) in [5, 5.41) is 4.80. The highest BCUT2D eigenvalue weighted by Crippen LogP contribution is 2.30. The molecule has 2 aromatic carbocycles. The van der Waals surface area contributed by atoms with Crippen LogP contribution in [0.15, 0.2) is 64.6 Å².